The van der Waals surface area contributed by atoms with Crippen LogP contribution in [0.5, 0.6) is 0 Å². The summed E-state index contributed by atoms with van der Waals surface area (Å²) >= 11 is 6.95. The van der Waals surface area contributed by atoms with Gasteiger partial charge in [0.1, 0.15) is 0 Å². The highest BCUT2D eigenvalue weighted by molar-refractivity contribution is 8.02. The van der Waals surface area contributed by atoms with Gasteiger partial charge >= 0.3 is 5.97 Å². The van der Waals surface area contributed by atoms with Crippen LogP contribution in [0, 0.1) is 5.92 Å². The summed E-state index contributed by atoms with van der Waals surface area (Å²) in [4.78, 5) is 27.1. The van der Waals surface area contributed by atoms with E-state index in [1.165, 1.54) is 0 Å². The second-order valence-electron chi connectivity index (χ2n) is 6.74. The van der Waals surface area contributed by atoms with Gasteiger partial charge in [0, 0.05) is 5.92 Å². The van der Waals surface area contributed by atoms with Crippen LogP contribution in [-0.2, 0) is 16.0 Å². The van der Waals surface area contributed by atoms with Gasteiger partial charge in [0.25, 0.3) is 0 Å². The monoisotopic (exact) mass is 364 g/mol. The number of fused-ring (bicyclic) bond motifs is 1. The summed E-state index contributed by atoms with van der Waals surface area (Å²) in [6.07, 6.45) is 0.136. The van der Waals surface area contributed by atoms with Crippen LogP contribution in [0.15, 0.2) is 30.3 Å². The van der Waals surface area contributed by atoms with E-state index >= 15 is 0 Å². The Morgan fingerprint density at radius 2 is 1.96 bits per heavy atom. The van der Waals surface area contributed by atoms with Gasteiger partial charge in [-0.25, -0.2) is 4.79 Å². The summed E-state index contributed by atoms with van der Waals surface area (Å²) in [7, 11) is 0. The largest absolute Gasteiger partial charge is 0.478 e. The van der Waals surface area contributed by atoms with E-state index in [1.54, 1.807) is 16.7 Å². The number of nitrogens with one attached hydrogen (secondary N) is 1. The molecule has 2 aliphatic rings. The van der Waals surface area contributed by atoms with E-state index in [4.69, 9.17) is 12.2 Å². The fourth-order valence-electron chi connectivity index (χ4n) is 3.45. The number of carboxylic acids is 1. The Labute approximate surface area is 150 Å². The lowest BCUT2D eigenvalue weighted by atomic mass is 9.87. The zero-order chi connectivity index (χ0) is 17.7. The van der Waals surface area contributed by atoms with Crippen molar-refractivity contribution in [2.24, 2.45) is 5.92 Å². The van der Waals surface area contributed by atoms with Crippen molar-refractivity contribution < 1.29 is 14.7 Å². The molecule has 3 rings (SSSR count). The summed E-state index contributed by atoms with van der Waals surface area (Å²) in [6, 6.07) is 9.28. The van der Waals surface area contributed by atoms with Crippen LogP contribution in [0.25, 0.3) is 0 Å². The molecule has 1 amide bonds. The first-order valence-electron chi connectivity index (χ1n) is 7.80. The van der Waals surface area contributed by atoms with Gasteiger partial charge in [0.05, 0.1) is 21.5 Å². The average molecular weight is 364 g/mol. The van der Waals surface area contributed by atoms with Gasteiger partial charge in [-0.05, 0) is 19.4 Å². The second kappa shape index (κ2) is 5.74. The van der Waals surface area contributed by atoms with Crippen molar-refractivity contribution in [1.82, 2.24) is 10.2 Å². The first-order chi connectivity index (χ1) is 11.2. The average Bonchev–Trinajstić information content (AvgIpc) is 2.74. The molecule has 2 saturated heterocycles. The highest BCUT2D eigenvalue weighted by Crippen LogP contribution is 2.57. The summed E-state index contributed by atoms with van der Waals surface area (Å²) in [5, 5.41) is 12.8. The van der Waals surface area contributed by atoms with Gasteiger partial charge in [-0.2, -0.15) is 0 Å². The third-order valence-corrected chi connectivity index (χ3v) is 7.11. The molecule has 2 fully saturated rings. The summed E-state index contributed by atoms with van der Waals surface area (Å²) in [5.41, 5.74) is -0.673. The number of carboxylic acid groups (broad SMARTS) is 1. The number of carbonyl (C=O) groups is 2. The third kappa shape index (κ3) is 2.33. The third-order valence-electron chi connectivity index (χ3n) is 4.79. The number of carbonyl (C=O) groups excluding carboxylic acids is 1. The van der Waals surface area contributed by atoms with E-state index in [-0.39, 0.29) is 23.6 Å². The molecule has 0 radical (unpaired) electrons. The number of amides is 1. The van der Waals surface area contributed by atoms with E-state index in [0.29, 0.717) is 4.99 Å². The lowest BCUT2D eigenvalue weighted by Gasteiger charge is -2.51. The number of thioether (sulfide) groups is 1. The topological polar surface area (TPSA) is 69.6 Å². The minimum Gasteiger partial charge on any atom is -0.478 e. The molecular weight excluding hydrogens is 344 g/mol. The summed E-state index contributed by atoms with van der Waals surface area (Å²) in [6.45, 7) is 5.70. The van der Waals surface area contributed by atoms with E-state index in [9.17, 15) is 14.7 Å². The number of hydrogen-bond donors (Lipinski definition) is 2. The van der Waals surface area contributed by atoms with E-state index in [0.717, 1.165) is 5.56 Å². The van der Waals surface area contributed by atoms with Crippen LogP contribution in [0.2, 0.25) is 0 Å². The van der Waals surface area contributed by atoms with Crippen LogP contribution in [0.1, 0.15) is 26.3 Å². The van der Waals surface area contributed by atoms with Crippen molar-refractivity contribution in [3.63, 3.8) is 0 Å². The molecule has 2 N–H and O–H groups in total. The lowest BCUT2D eigenvalue weighted by Crippen LogP contribution is -2.76. The normalized spacial score (nSPS) is 30.5. The van der Waals surface area contributed by atoms with Crippen molar-refractivity contribution in [1.29, 1.82) is 0 Å². The van der Waals surface area contributed by atoms with E-state index in [2.05, 4.69) is 5.32 Å². The second-order valence-corrected chi connectivity index (χ2v) is 8.90. The molecule has 0 bridgehead atoms. The Morgan fingerprint density at radius 1 is 1.33 bits per heavy atom. The van der Waals surface area contributed by atoms with Gasteiger partial charge in [-0.1, -0.05) is 49.5 Å². The number of nitrogens with zero attached hydrogens (tertiary/aromatic N) is 1. The molecular formula is C17H20N2O3S2. The quantitative estimate of drug-likeness (QED) is 0.799. The SMILES string of the molecule is C[C@@H]1C(=S)N2[C@@H]1SC(C)(C)[C@]2(NC(=O)Cc1ccccc1)C(=O)O. The molecule has 1 aromatic rings. The highest BCUT2D eigenvalue weighted by Gasteiger charge is 2.71. The molecule has 24 heavy (non-hydrogen) atoms. The number of aliphatic carboxylic acids is 1. The molecule has 1 aromatic carbocycles. The van der Waals surface area contributed by atoms with Crippen molar-refractivity contribution in [2.45, 2.75) is 43.0 Å². The maximum atomic E-state index is 12.6. The maximum absolute atomic E-state index is 12.6. The maximum Gasteiger partial charge on any atom is 0.352 e. The standard InChI is InChI=1S/C17H20N2O3S2/c1-10-13(23)19-14(10)24-16(2,3)17(19,15(21)22)18-12(20)9-11-7-5-4-6-8-11/h4-8,10,14H,9H2,1-3H3,(H,18,20)(H,21,22)/t10-,14-,17+/m1/s1. The van der Waals surface area contributed by atoms with Crippen molar-refractivity contribution in [3.05, 3.63) is 35.9 Å². The summed E-state index contributed by atoms with van der Waals surface area (Å²) in [5.74, 6) is -1.25. The molecule has 5 nitrogen and oxygen atoms in total. The number of thiocarbonyl (C=S) groups is 1. The first-order valence-corrected chi connectivity index (χ1v) is 9.09. The number of benzene rings is 1. The zero-order valence-electron chi connectivity index (χ0n) is 13.8. The molecule has 0 spiro atoms. The van der Waals surface area contributed by atoms with Crippen molar-refractivity contribution in [2.75, 3.05) is 0 Å². The molecule has 128 valence electrons. The molecule has 0 unspecified atom stereocenters. The minimum absolute atomic E-state index is 0.0133. The predicted octanol–water partition coefficient (Wildman–Crippen LogP) is 2.26. The van der Waals surface area contributed by atoms with Gasteiger partial charge in [0.15, 0.2) is 0 Å². The summed E-state index contributed by atoms with van der Waals surface area (Å²) < 4.78 is -0.704. The smallest absolute Gasteiger partial charge is 0.352 e. The van der Waals surface area contributed by atoms with Gasteiger partial charge in [-0.15, -0.1) is 11.8 Å². The van der Waals surface area contributed by atoms with Crippen LogP contribution in [-0.4, -0.2) is 42.7 Å². The fraction of sp³-hybridized carbons (Fsp3) is 0.471. The van der Waals surface area contributed by atoms with Gasteiger partial charge in [0.2, 0.25) is 11.6 Å². The molecule has 0 aliphatic carbocycles. The Kier molecular flexibility index (Phi) is 4.12. The molecule has 2 aliphatic heterocycles. The van der Waals surface area contributed by atoms with Gasteiger partial charge < -0.3 is 15.3 Å². The van der Waals surface area contributed by atoms with Crippen molar-refractivity contribution in [3.8, 4) is 0 Å². The fourth-order valence-corrected chi connectivity index (χ4v) is 5.70. The predicted molar refractivity (Wildman–Crippen MR) is 97.7 cm³/mol. The zero-order valence-corrected chi connectivity index (χ0v) is 15.4. The Bertz CT molecular complexity index is 707. The molecule has 3 atom stereocenters. The van der Waals surface area contributed by atoms with Crippen LogP contribution >= 0.6 is 24.0 Å². The highest BCUT2D eigenvalue weighted by atomic mass is 32.2. The number of rotatable bonds is 4. The molecule has 7 heteroatoms. The van der Waals surface area contributed by atoms with E-state index < -0.39 is 16.4 Å². The number of hydrogen-bond acceptors (Lipinski definition) is 4. The molecule has 0 saturated carbocycles. The van der Waals surface area contributed by atoms with Crippen LogP contribution < -0.4 is 5.32 Å². The van der Waals surface area contributed by atoms with E-state index in [1.807, 2.05) is 51.1 Å². The minimum atomic E-state index is -1.52. The molecule has 0 aromatic heterocycles. The Morgan fingerprint density at radius 3 is 2.54 bits per heavy atom. The molecule has 2 heterocycles. The Hall–Kier alpha value is -1.60. The Balaban J connectivity index is 1.90. The van der Waals surface area contributed by atoms with Gasteiger partial charge in [-0.3, -0.25) is 4.79 Å². The van der Waals surface area contributed by atoms with Crippen LogP contribution in [0.4, 0.5) is 0 Å². The van der Waals surface area contributed by atoms with Crippen molar-refractivity contribution >= 4 is 40.8 Å². The van der Waals surface area contributed by atoms with Crippen LogP contribution in [0.3, 0.4) is 0 Å². The first kappa shape index (κ1) is 17.2. The lowest BCUT2D eigenvalue weighted by molar-refractivity contribution is -0.157.